The van der Waals surface area contributed by atoms with Crippen LogP contribution in [0.5, 0.6) is 0 Å². The highest BCUT2D eigenvalue weighted by Crippen LogP contribution is 2.26. The van der Waals surface area contributed by atoms with Crippen LogP contribution in [0.3, 0.4) is 0 Å². The van der Waals surface area contributed by atoms with Crippen molar-refractivity contribution in [3.8, 4) is 0 Å². The number of aromatic nitrogens is 3. The lowest BCUT2D eigenvalue weighted by atomic mass is 9.97. The molecule has 0 spiro atoms. The third kappa shape index (κ3) is 2.78. The molecule has 3 heterocycles. The SMILES string of the molecule is c1ccc(CN2CCn3c(nnc3C3CCNCC3)C2)cc1. The maximum Gasteiger partial charge on any atom is 0.147 e. The molecule has 0 aliphatic carbocycles. The molecule has 2 aliphatic rings. The molecule has 5 nitrogen and oxygen atoms in total. The second-order valence-electron chi connectivity index (χ2n) is 6.35. The van der Waals surface area contributed by atoms with Gasteiger partial charge >= 0.3 is 0 Å². The zero-order valence-electron chi connectivity index (χ0n) is 12.9. The molecule has 1 aromatic carbocycles. The molecule has 0 unspecified atom stereocenters. The normalized spacial score (nSPS) is 20.0. The van der Waals surface area contributed by atoms with Gasteiger partial charge in [0, 0.05) is 25.6 Å². The van der Waals surface area contributed by atoms with Gasteiger partial charge in [-0.2, -0.15) is 0 Å². The second-order valence-corrected chi connectivity index (χ2v) is 6.35. The predicted octanol–water partition coefficient (Wildman–Crippen LogP) is 1.76. The van der Waals surface area contributed by atoms with Crippen molar-refractivity contribution < 1.29 is 0 Å². The molecule has 2 aromatic rings. The standard InChI is InChI=1S/C17H23N5/c1-2-4-14(5-3-1)12-21-10-11-22-16(13-21)19-20-17(22)15-6-8-18-9-7-15/h1-5,15,18H,6-13H2. The van der Waals surface area contributed by atoms with E-state index in [9.17, 15) is 0 Å². The number of hydrogen-bond acceptors (Lipinski definition) is 4. The van der Waals surface area contributed by atoms with Gasteiger partial charge in [-0.25, -0.2) is 0 Å². The van der Waals surface area contributed by atoms with E-state index in [0.717, 1.165) is 45.1 Å². The predicted molar refractivity (Wildman–Crippen MR) is 85.4 cm³/mol. The summed E-state index contributed by atoms with van der Waals surface area (Å²) in [5.74, 6) is 2.94. The molecule has 1 saturated heterocycles. The number of nitrogens with one attached hydrogen (secondary N) is 1. The van der Waals surface area contributed by atoms with Crippen LogP contribution < -0.4 is 5.32 Å². The van der Waals surface area contributed by atoms with Crippen molar-refractivity contribution in [3.05, 3.63) is 47.5 Å². The van der Waals surface area contributed by atoms with E-state index in [-0.39, 0.29) is 0 Å². The van der Waals surface area contributed by atoms with Crippen LogP contribution in [0.1, 0.15) is 36.0 Å². The lowest BCUT2D eigenvalue weighted by Crippen LogP contribution is -2.35. The molecular formula is C17H23N5. The Hall–Kier alpha value is -1.72. The number of piperidine rings is 1. The first-order valence-electron chi connectivity index (χ1n) is 8.29. The highest BCUT2D eigenvalue weighted by Gasteiger charge is 2.26. The summed E-state index contributed by atoms with van der Waals surface area (Å²) in [5, 5.41) is 12.4. The van der Waals surface area contributed by atoms with E-state index in [0.29, 0.717) is 5.92 Å². The van der Waals surface area contributed by atoms with E-state index in [1.165, 1.54) is 24.2 Å². The molecule has 1 N–H and O–H groups in total. The maximum absolute atomic E-state index is 4.52. The van der Waals surface area contributed by atoms with Gasteiger partial charge in [-0.15, -0.1) is 10.2 Å². The maximum atomic E-state index is 4.52. The lowest BCUT2D eigenvalue weighted by molar-refractivity contribution is 0.205. The first-order chi connectivity index (χ1) is 10.9. The molecule has 5 heteroatoms. The number of fused-ring (bicyclic) bond motifs is 1. The summed E-state index contributed by atoms with van der Waals surface area (Å²) >= 11 is 0. The van der Waals surface area contributed by atoms with Gasteiger partial charge in [0.15, 0.2) is 0 Å². The Bertz CT molecular complexity index is 615. The van der Waals surface area contributed by atoms with Crippen molar-refractivity contribution in [2.45, 2.75) is 38.4 Å². The molecule has 0 amide bonds. The first-order valence-corrected chi connectivity index (χ1v) is 8.29. The van der Waals surface area contributed by atoms with Crippen molar-refractivity contribution in [1.82, 2.24) is 25.0 Å². The van der Waals surface area contributed by atoms with E-state index >= 15 is 0 Å². The van der Waals surface area contributed by atoms with Crippen LogP contribution >= 0.6 is 0 Å². The van der Waals surface area contributed by atoms with Crippen molar-refractivity contribution in [2.75, 3.05) is 19.6 Å². The lowest BCUT2D eigenvalue weighted by Gasteiger charge is -2.29. The van der Waals surface area contributed by atoms with Gasteiger partial charge in [-0.05, 0) is 31.5 Å². The molecule has 116 valence electrons. The summed E-state index contributed by atoms with van der Waals surface area (Å²) in [4.78, 5) is 2.46. The Morgan fingerprint density at radius 1 is 1.05 bits per heavy atom. The minimum Gasteiger partial charge on any atom is -0.317 e. The molecule has 1 fully saturated rings. The Labute approximate surface area is 131 Å². The summed E-state index contributed by atoms with van der Waals surface area (Å²) < 4.78 is 2.37. The highest BCUT2D eigenvalue weighted by molar-refractivity contribution is 5.15. The number of nitrogens with zero attached hydrogens (tertiary/aromatic N) is 4. The third-order valence-corrected chi connectivity index (χ3v) is 4.81. The van der Waals surface area contributed by atoms with Crippen LogP contribution in [0.15, 0.2) is 30.3 Å². The van der Waals surface area contributed by atoms with Gasteiger partial charge in [0.05, 0.1) is 6.54 Å². The van der Waals surface area contributed by atoms with Gasteiger partial charge in [0.2, 0.25) is 0 Å². The van der Waals surface area contributed by atoms with Crippen LogP contribution in [0.4, 0.5) is 0 Å². The summed E-state index contributed by atoms with van der Waals surface area (Å²) in [6.45, 7) is 6.22. The fraction of sp³-hybridized carbons (Fsp3) is 0.529. The van der Waals surface area contributed by atoms with E-state index in [4.69, 9.17) is 0 Å². The molecule has 1 aromatic heterocycles. The number of hydrogen-bond donors (Lipinski definition) is 1. The average molecular weight is 297 g/mol. The zero-order valence-corrected chi connectivity index (χ0v) is 12.9. The average Bonchev–Trinajstić information content (AvgIpc) is 3.00. The minimum absolute atomic E-state index is 0.586. The molecule has 0 atom stereocenters. The third-order valence-electron chi connectivity index (χ3n) is 4.81. The molecule has 0 bridgehead atoms. The van der Waals surface area contributed by atoms with Crippen LogP contribution in [-0.4, -0.2) is 39.3 Å². The smallest absolute Gasteiger partial charge is 0.147 e. The summed E-state index contributed by atoms with van der Waals surface area (Å²) in [5.41, 5.74) is 1.37. The van der Waals surface area contributed by atoms with Gasteiger partial charge in [-0.1, -0.05) is 30.3 Å². The van der Waals surface area contributed by atoms with Crippen molar-refractivity contribution >= 4 is 0 Å². The van der Waals surface area contributed by atoms with Crippen molar-refractivity contribution in [1.29, 1.82) is 0 Å². The Balaban J connectivity index is 1.47. The highest BCUT2D eigenvalue weighted by atomic mass is 15.3. The van der Waals surface area contributed by atoms with Gasteiger partial charge in [0.1, 0.15) is 11.6 Å². The van der Waals surface area contributed by atoms with Crippen molar-refractivity contribution in [3.63, 3.8) is 0 Å². The quantitative estimate of drug-likeness (QED) is 0.938. The summed E-state index contributed by atoms with van der Waals surface area (Å²) in [7, 11) is 0. The van der Waals surface area contributed by atoms with Crippen LogP contribution in [0, 0.1) is 0 Å². The van der Waals surface area contributed by atoms with E-state index < -0.39 is 0 Å². The van der Waals surface area contributed by atoms with Crippen LogP contribution in [-0.2, 0) is 19.6 Å². The van der Waals surface area contributed by atoms with Crippen LogP contribution in [0.2, 0.25) is 0 Å². The molecule has 0 saturated carbocycles. The molecule has 4 rings (SSSR count). The largest absolute Gasteiger partial charge is 0.317 e. The fourth-order valence-electron chi connectivity index (χ4n) is 3.59. The molecule has 0 radical (unpaired) electrons. The van der Waals surface area contributed by atoms with Gasteiger partial charge < -0.3 is 9.88 Å². The van der Waals surface area contributed by atoms with Crippen molar-refractivity contribution in [2.24, 2.45) is 0 Å². The number of rotatable bonds is 3. The Morgan fingerprint density at radius 3 is 2.68 bits per heavy atom. The molecular weight excluding hydrogens is 274 g/mol. The van der Waals surface area contributed by atoms with E-state index in [1.54, 1.807) is 0 Å². The first kappa shape index (κ1) is 13.9. The monoisotopic (exact) mass is 297 g/mol. The molecule has 22 heavy (non-hydrogen) atoms. The Morgan fingerprint density at radius 2 is 1.86 bits per heavy atom. The summed E-state index contributed by atoms with van der Waals surface area (Å²) in [6.07, 6.45) is 2.37. The second kappa shape index (κ2) is 6.18. The van der Waals surface area contributed by atoms with E-state index in [2.05, 4.69) is 55.3 Å². The van der Waals surface area contributed by atoms with Gasteiger partial charge in [-0.3, -0.25) is 4.90 Å². The van der Waals surface area contributed by atoms with Crippen LogP contribution in [0.25, 0.3) is 0 Å². The Kier molecular flexibility index (Phi) is 3.91. The topological polar surface area (TPSA) is 46.0 Å². The minimum atomic E-state index is 0.586. The zero-order chi connectivity index (χ0) is 14.8. The molecule has 2 aliphatic heterocycles. The summed E-state index contributed by atoms with van der Waals surface area (Å²) in [6, 6.07) is 10.7. The number of benzene rings is 1. The van der Waals surface area contributed by atoms with E-state index in [1.807, 2.05) is 0 Å². The fourth-order valence-corrected chi connectivity index (χ4v) is 3.59. The van der Waals surface area contributed by atoms with Gasteiger partial charge in [0.25, 0.3) is 0 Å².